The molecule has 2 heterocycles. The normalized spacial score (nSPS) is 20.4. The van der Waals surface area contributed by atoms with Crippen LogP contribution in [0.2, 0.25) is 0 Å². The molecule has 0 saturated carbocycles. The van der Waals surface area contributed by atoms with Crippen molar-refractivity contribution < 1.29 is 8.42 Å². The van der Waals surface area contributed by atoms with Crippen molar-refractivity contribution in [1.82, 2.24) is 4.31 Å². The number of hydrogen-bond donors (Lipinski definition) is 1. The van der Waals surface area contributed by atoms with E-state index in [1.54, 1.807) is 4.31 Å². The Balaban J connectivity index is 2.10. The van der Waals surface area contributed by atoms with E-state index in [0.717, 1.165) is 27.8 Å². The Bertz CT molecular complexity index is 752. The summed E-state index contributed by atoms with van der Waals surface area (Å²) in [5.41, 5.74) is 5.79. The Morgan fingerprint density at radius 2 is 2.14 bits per heavy atom. The molecular formula is C15H20N2O2S2. The fraction of sp³-hybridized carbons (Fsp3) is 0.467. The van der Waals surface area contributed by atoms with E-state index in [2.05, 4.69) is 6.92 Å². The molecule has 4 nitrogen and oxygen atoms in total. The van der Waals surface area contributed by atoms with Gasteiger partial charge in [-0.15, -0.1) is 11.3 Å². The monoisotopic (exact) mass is 324 g/mol. The van der Waals surface area contributed by atoms with Crippen molar-refractivity contribution in [1.29, 1.82) is 0 Å². The van der Waals surface area contributed by atoms with Crippen molar-refractivity contribution in [2.75, 3.05) is 13.1 Å². The van der Waals surface area contributed by atoms with E-state index in [1.807, 2.05) is 24.3 Å². The minimum absolute atomic E-state index is 0.263. The molecule has 1 atom stereocenters. The maximum atomic E-state index is 13.0. The minimum Gasteiger partial charge on any atom is -0.326 e. The van der Waals surface area contributed by atoms with Crippen molar-refractivity contribution in [3.8, 4) is 0 Å². The highest BCUT2D eigenvalue weighted by Gasteiger charge is 2.34. The summed E-state index contributed by atoms with van der Waals surface area (Å²) < 4.78 is 28.7. The second kappa shape index (κ2) is 5.68. The van der Waals surface area contributed by atoms with Gasteiger partial charge in [-0.2, -0.15) is 4.31 Å². The van der Waals surface area contributed by atoms with Crippen molar-refractivity contribution in [3.63, 3.8) is 0 Å². The SMILES string of the molecule is CCC1CCN(S(=O)(=O)c2c(CN)sc3ccccc23)C1. The van der Waals surface area contributed by atoms with Crippen molar-refractivity contribution >= 4 is 31.4 Å². The summed E-state index contributed by atoms with van der Waals surface area (Å²) in [4.78, 5) is 1.19. The summed E-state index contributed by atoms with van der Waals surface area (Å²) in [6, 6.07) is 7.65. The molecule has 21 heavy (non-hydrogen) atoms. The molecule has 0 bridgehead atoms. The highest BCUT2D eigenvalue weighted by molar-refractivity contribution is 7.89. The van der Waals surface area contributed by atoms with Crippen molar-refractivity contribution in [2.24, 2.45) is 11.7 Å². The molecule has 0 spiro atoms. The van der Waals surface area contributed by atoms with Gasteiger partial charge in [0.2, 0.25) is 10.0 Å². The number of benzene rings is 1. The summed E-state index contributed by atoms with van der Waals surface area (Å²) in [5, 5.41) is 0.808. The number of thiophene rings is 1. The molecule has 1 aromatic carbocycles. The van der Waals surface area contributed by atoms with Gasteiger partial charge < -0.3 is 5.73 Å². The van der Waals surface area contributed by atoms with Crippen LogP contribution in [-0.2, 0) is 16.6 Å². The molecule has 3 rings (SSSR count). The maximum Gasteiger partial charge on any atom is 0.244 e. The van der Waals surface area contributed by atoms with Gasteiger partial charge in [0.1, 0.15) is 4.90 Å². The van der Waals surface area contributed by atoms with Crippen LogP contribution in [-0.4, -0.2) is 25.8 Å². The highest BCUT2D eigenvalue weighted by atomic mass is 32.2. The van der Waals surface area contributed by atoms with E-state index in [-0.39, 0.29) is 6.54 Å². The second-order valence-electron chi connectivity index (χ2n) is 5.48. The van der Waals surface area contributed by atoms with Crippen molar-refractivity contribution in [2.45, 2.75) is 31.2 Å². The van der Waals surface area contributed by atoms with Crippen LogP contribution in [0, 0.1) is 5.92 Å². The first-order chi connectivity index (χ1) is 10.1. The van der Waals surface area contributed by atoms with Crippen LogP contribution in [0.4, 0.5) is 0 Å². The molecule has 2 N–H and O–H groups in total. The summed E-state index contributed by atoms with van der Waals surface area (Å²) in [6.07, 6.45) is 1.98. The number of hydrogen-bond acceptors (Lipinski definition) is 4. The van der Waals surface area contributed by atoms with Crippen LogP contribution in [0.5, 0.6) is 0 Å². The van der Waals surface area contributed by atoms with E-state index in [9.17, 15) is 8.42 Å². The first-order valence-electron chi connectivity index (χ1n) is 7.28. The topological polar surface area (TPSA) is 63.4 Å². The molecule has 2 aromatic rings. The third-order valence-corrected chi connectivity index (χ3v) is 7.54. The Morgan fingerprint density at radius 3 is 2.81 bits per heavy atom. The Hall–Kier alpha value is -0.950. The molecule has 0 radical (unpaired) electrons. The van der Waals surface area contributed by atoms with E-state index in [4.69, 9.17) is 5.73 Å². The smallest absolute Gasteiger partial charge is 0.244 e. The Morgan fingerprint density at radius 1 is 1.38 bits per heavy atom. The predicted octanol–water partition coefficient (Wildman–Crippen LogP) is 2.78. The molecule has 1 fully saturated rings. The van der Waals surface area contributed by atoms with E-state index in [1.165, 1.54) is 11.3 Å². The third kappa shape index (κ3) is 2.50. The quantitative estimate of drug-likeness (QED) is 0.940. The lowest BCUT2D eigenvalue weighted by Gasteiger charge is -2.17. The standard InChI is InChI=1S/C15H20N2O2S2/c1-2-11-7-8-17(10-11)21(18,19)15-12-5-3-4-6-13(12)20-14(15)9-16/h3-6,11H,2,7-10,16H2,1H3. The Labute approximate surface area is 129 Å². The zero-order valence-corrected chi connectivity index (χ0v) is 13.7. The van der Waals surface area contributed by atoms with E-state index < -0.39 is 10.0 Å². The largest absolute Gasteiger partial charge is 0.326 e. The van der Waals surface area contributed by atoms with Crippen LogP contribution < -0.4 is 5.73 Å². The minimum atomic E-state index is -3.44. The first kappa shape index (κ1) is 15.0. The molecule has 0 amide bonds. The molecule has 1 saturated heterocycles. The van der Waals surface area contributed by atoms with Gasteiger partial charge >= 0.3 is 0 Å². The number of rotatable bonds is 4. The van der Waals surface area contributed by atoms with Crippen LogP contribution >= 0.6 is 11.3 Å². The molecule has 114 valence electrons. The van der Waals surface area contributed by atoms with Crippen LogP contribution in [0.15, 0.2) is 29.2 Å². The lowest BCUT2D eigenvalue weighted by atomic mass is 10.1. The summed E-state index contributed by atoms with van der Waals surface area (Å²) >= 11 is 1.49. The lowest BCUT2D eigenvalue weighted by molar-refractivity contribution is 0.453. The van der Waals surface area contributed by atoms with Gasteiger partial charge in [-0.1, -0.05) is 31.5 Å². The fourth-order valence-electron chi connectivity index (χ4n) is 2.97. The van der Waals surface area contributed by atoms with Gasteiger partial charge in [0.25, 0.3) is 0 Å². The van der Waals surface area contributed by atoms with E-state index in [0.29, 0.717) is 23.9 Å². The molecule has 1 aromatic heterocycles. The molecule has 0 aliphatic carbocycles. The van der Waals surface area contributed by atoms with Crippen LogP contribution in [0.1, 0.15) is 24.6 Å². The third-order valence-electron chi connectivity index (χ3n) is 4.23. The highest BCUT2D eigenvalue weighted by Crippen LogP contribution is 2.37. The summed E-state index contributed by atoms with van der Waals surface area (Å²) in [7, 11) is -3.44. The number of sulfonamides is 1. The zero-order chi connectivity index (χ0) is 15.0. The Kier molecular flexibility index (Phi) is 4.05. The molecule has 1 aliphatic heterocycles. The average molecular weight is 324 g/mol. The van der Waals surface area contributed by atoms with Crippen LogP contribution in [0.25, 0.3) is 10.1 Å². The number of nitrogens with zero attached hydrogens (tertiary/aromatic N) is 1. The van der Waals surface area contributed by atoms with Gasteiger partial charge in [-0.05, 0) is 18.4 Å². The number of fused-ring (bicyclic) bond motifs is 1. The van der Waals surface area contributed by atoms with Gasteiger partial charge in [0.15, 0.2) is 0 Å². The lowest BCUT2D eigenvalue weighted by Crippen LogP contribution is -2.29. The van der Waals surface area contributed by atoms with Gasteiger partial charge in [0, 0.05) is 34.6 Å². The van der Waals surface area contributed by atoms with E-state index >= 15 is 0 Å². The number of nitrogens with two attached hydrogens (primary N) is 1. The molecule has 1 unspecified atom stereocenters. The van der Waals surface area contributed by atoms with Gasteiger partial charge in [-0.3, -0.25) is 0 Å². The van der Waals surface area contributed by atoms with Crippen LogP contribution in [0.3, 0.4) is 0 Å². The molecule has 6 heteroatoms. The predicted molar refractivity (Wildman–Crippen MR) is 86.9 cm³/mol. The fourth-order valence-corrected chi connectivity index (χ4v) is 6.29. The first-order valence-corrected chi connectivity index (χ1v) is 9.54. The average Bonchev–Trinajstić information content (AvgIpc) is 3.11. The summed E-state index contributed by atoms with van der Waals surface area (Å²) in [6.45, 7) is 3.63. The van der Waals surface area contributed by atoms with Crippen molar-refractivity contribution in [3.05, 3.63) is 29.1 Å². The second-order valence-corrected chi connectivity index (χ2v) is 8.49. The molecule has 1 aliphatic rings. The molecular weight excluding hydrogens is 304 g/mol. The maximum absolute atomic E-state index is 13.0. The van der Waals surface area contributed by atoms with Gasteiger partial charge in [-0.25, -0.2) is 8.42 Å². The zero-order valence-electron chi connectivity index (χ0n) is 12.1. The summed E-state index contributed by atoms with van der Waals surface area (Å²) in [5.74, 6) is 0.478. The van der Waals surface area contributed by atoms with Gasteiger partial charge in [0.05, 0.1) is 0 Å².